The molecule has 1 rings (SSSR count). The van der Waals surface area contributed by atoms with E-state index < -0.39 is 0 Å². The molecule has 0 aliphatic heterocycles. The third kappa shape index (κ3) is 5.45. The molecule has 0 spiro atoms. The van der Waals surface area contributed by atoms with Gasteiger partial charge in [-0.2, -0.15) is 0 Å². The van der Waals surface area contributed by atoms with Gasteiger partial charge in [-0.1, -0.05) is 12.2 Å². The Morgan fingerprint density at radius 3 is 2.85 bits per heavy atom. The van der Waals surface area contributed by atoms with Crippen LogP contribution in [-0.4, -0.2) is 13.1 Å². The van der Waals surface area contributed by atoms with Crippen LogP contribution >= 0.6 is 0 Å². The highest BCUT2D eigenvalue weighted by molar-refractivity contribution is 5.68. The summed E-state index contributed by atoms with van der Waals surface area (Å²) in [6.07, 6.45) is 11.0. The number of hydrogen-bond donors (Lipinski definition) is 0. The summed E-state index contributed by atoms with van der Waals surface area (Å²) in [5.74, 6) is 0.784. The molecular formula is C11H18O2. The van der Waals surface area contributed by atoms with E-state index in [1.807, 2.05) is 0 Å². The van der Waals surface area contributed by atoms with Crippen LogP contribution in [0.25, 0.3) is 0 Å². The number of esters is 1. The van der Waals surface area contributed by atoms with Crippen molar-refractivity contribution in [2.45, 2.75) is 38.5 Å². The standard InChI is InChI=1S/C11H18O2/c1-13-11(12)7-5-3-2-4-6-10-8-9-10/h4,6,10H,2-3,5,7-9H2,1H3. The van der Waals surface area contributed by atoms with Gasteiger partial charge in [-0.05, 0) is 38.0 Å². The number of allylic oxidation sites excluding steroid dienone is 2. The van der Waals surface area contributed by atoms with Gasteiger partial charge in [0.15, 0.2) is 0 Å². The second-order valence-corrected chi connectivity index (χ2v) is 3.59. The van der Waals surface area contributed by atoms with Crippen LogP contribution in [-0.2, 0) is 9.53 Å². The van der Waals surface area contributed by atoms with Gasteiger partial charge in [0.25, 0.3) is 0 Å². The molecule has 1 aliphatic carbocycles. The summed E-state index contributed by atoms with van der Waals surface area (Å²) >= 11 is 0. The summed E-state index contributed by atoms with van der Waals surface area (Å²) < 4.78 is 4.55. The van der Waals surface area contributed by atoms with Crippen LogP contribution in [0.2, 0.25) is 0 Å². The van der Waals surface area contributed by atoms with E-state index in [9.17, 15) is 4.79 Å². The van der Waals surface area contributed by atoms with Crippen LogP contribution in [0.5, 0.6) is 0 Å². The molecule has 0 unspecified atom stereocenters. The van der Waals surface area contributed by atoms with Crippen molar-refractivity contribution in [1.29, 1.82) is 0 Å². The van der Waals surface area contributed by atoms with Gasteiger partial charge in [-0.3, -0.25) is 4.79 Å². The molecule has 0 aromatic rings. The van der Waals surface area contributed by atoms with Crippen molar-refractivity contribution in [1.82, 2.24) is 0 Å². The number of carbonyl (C=O) groups is 1. The Hall–Kier alpha value is -0.790. The molecule has 1 fully saturated rings. The van der Waals surface area contributed by atoms with Crippen molar-refractivity contribution in [3.05, 3.63) is 12.2 Å². The maximum absolute atomic E-state index is 10.7. The molecule has 0 atom stereocenters. The smallest absolute Gasteiger partial charge is 0.305 e. The fourth-order valence-corrected chi connectivity index (χ4v) is 1.21. The molecule has 1 aliphatic rings. The van der Waals surface area contributed by atoms with Gasteiger partial charge in [0.2, 0.25) is 0 Å². The SMILES string of the molecule is COC(=O)CCCCC=CC1CC1. The number of rotatable bonds is 6. The quantitative estimate of drug-likeness (QED) is 0.358. The van der Waals surface area contributed by atoms with E-state index in [1.54, 1.807) is 0 Å². The molecule has 0 bridgehead atoms. The molecule has 13 heavy (non-hydrogen) atoms. The monoisotopic (exact) mass is 182 g/mol. The highest BCUT2D eigenvalue weighted by Gasteiger charge is 2.16. The van der Waals surface area contributed by atoms with E-state index >= 15 is 0 Å². The van der Waals surface area contributed by atoms with Crippen molar-refractivity contribution in [3.8, 4) is 0 Å². The summed E-state index contributed by atoms with van der Waals surface area (Å²) in [7, 11) is 1.44. The zero-order valence-electron chi connectivity index (χ0n) is 8.29. The minimum Gasteiger partial charge on any atom is -0.469 e. The molecule has 74 valence electrons. The van der Waals surface area contributed by atoms with Gasteiger partial charge in [0, 0.05) is 6.42 Å². The molecule has 0 aromatic carbocycles. The number of unbranched alkanes of at least 4 members (excludes halogenated alkanes) is 2. The Morgan fingerprint density at radius 1 is 1.46 bits per heavy atom. The van der Waals surface area contributed by atoms with Crippen LogP contribution in [0, 0.1) is 5.92 Å². The van der Waals surface area contributed by atoms with E-state index in [2.05, 4.69) is 16.9 Å². The minimum absolute atomic E-state index is 0.0915. The van der Waals surface area contributed by atoms with E-state index in [0.717, 1.165) is 25.2 Å². The van der Waals surface area contributed by atoms with Gasteiger partial charge < -0.3 is 4.74 Å². The lowest BCUT2D eigenvalue weighted by Gasteiger charge is -1.96. The van der Waals surface area contributed by atoms with E-state index in [-0.39, 0.29) is 5.97 Å². The second kappa shape index (κ2) is 5.79. The maximum atomic E-state index is 10.7. The normalized spacial score (nSPS) is 16.4. The first kappa shape index (κ1) is 10.3. The lowest BCUT2D eigenvalue weighted by atomic mass is 10.2. The summed E-state index contributed by atoms with van der Waals surface area (Å²) in [5.41, 5.74) is 0. The van der Waals surface area contributed by atoms with Crippen molar-refractivity contribution < 1.29 is 9.53 Å². The van der Waals surface area contributed by atoms with E-state index in [1.165, 1.54) is 20.0 Å². The molecule has 0 saturated heterocycles. The van der Waals surface area contributed by atoms with Crippen molar-refractivity contribution in [2.75, 3.05) is 7.11 Å². The van der Waals surface area contributed by atoms with Gasteiger partial charge >= 0.3 is 5.97 Å². The first-order chi connectivity index (χ1) is 6.33. The Bertz CT molecular complexity index is 181. The fourth-order valence-electron chi connectivity index (χ4n) is 1.21. The topological polar surface area (TPSA) is 26.3 Å². The molecular weight excluding hydrogens is 164 g/mol. The maximum Gasteiger partial charge on any atom is 0.305 e. The molecule has 1 saturated carbocycles. The molecule has 0 aromatic heterocycles. The lowest BCUT2D eigenvalue weighted by Crippen LogP contribution is -1.98. The molecule has 0 heterocycles. The highest BCUT2D eigenvalue weighted by Crippen LogP contribution is 2.30. The Morgan fingerprint density at radius 2 is 2.23 bits per heavy atom. The summed E-state index contributed by atoms with van der Waals surface area (Å²) in [6.45, 7) is 0. The largest absolute Gasteiger partial charge is 0.469 e. The summed E-state index contributed by atoms with van der Waals surface area (Å²) in [4.78, 5) is 10.7. The van der Waals surface area contributed by atoms with E-state index in [0.29, 0.717) is 6.42 Å². The second-order valence-electron chi connectivity index (χ2n) is 3.59. The Labute approximate surface area is 80.0 Å². The summed E-state index contributed by atoms with van der Waals surface area (Å²) in [6, 6.07) is 0. The van der Waals surface area contributed by atoms with Gasteiger partial charge in [0.1, 0.15) is 0 Å². The molecule has 2 heteroatoms. The zero-order valence-corrected chi connectivity index (χ0v) is 8.29. The molecule has 2 nitrogen and oxygen atoms in total. The molecule has 0 amide bonds. The number of carbonyl (C=O) groups excluding carboxylic acids is 1. The first-order valence-electron chi connectivity index (χ1n) is 5.06. The number of hydrogen-bond acceptors (Lipinski definition) is 2. The predicted molar refractivity (Wildman–Crippen MR) is 52.3 cm³/mol. The summed E-state index contributed by atoms with van der Waals surface area (Å²) in [5, 5.41) is 0. The number of methoxy groups -OCH3 is 1. The first-order valence-corrected chi connectivity index (χ1v) is 5.06. The van der Waals surface area contributed by atoms with Gasteiger partial charge in [0.05, 0.1) is 7.11 Å². The molecule has 0 radical (unpaired) electrons. The van der Waals surface area contributed by atoms with Crippen molar-refractivity contribution in [2.24, 2.45) is 5.92 Å². The van der Waals surface area contributed by atoms with Crippen LogP contribution in [0.3, 0.4) is 0 Å². The Balaban J connectivity index is 1.85. The van der Waals surface area contributed by atoms with Crippen LogP contribution in [0.1, 0.15) is 38.5 Å². The Kier molecular flexibility index (Phi) is 4.58. The molecule has 0 N–H and O–H groups in total. The van der Waals surface area contributed by atoms with Crippen molar-refractivity contribution in [3.63, 3.8) is 0 Å². The minimum atomic E-state index is -0.0915. The average molecular weight is 182 g/mol. The zero-order chi connectivity index (χ0) is 9.52. The van der Waals surface area contributed by atoms with Crippen LogP contribution < -0.4 is 0 Å². The van der Waals surface area contributed by atoms with Crippen LogP contribution in [0.4, 0.5) is 0 Å². The highest BCUT2D eigenvalue weighted by atomic mass is 16.5. The predicted octanol–water partition coefficient (Wildman–Crippen LogP) is 2.69. The van der Waals surface area contributed by atoms with E-state index in [4.69, 9.17) is 0 Å². The third-order valence-corrected chi connectivity index (χ3v) is 2.26. The number of ether oxygens (including phenoxy) is 1. The van der Waals surface area contributed by atoms with Crippen molar-refractivity contribution >= 4 is 5.97 Å². The fraction of sp³-hybridized carbons (Fsp3) is 0.727. The third-order valence-electron chi connectivity index (χ3n) is 2.26. The van der Waals surface area contributed by atoms with Gasteiger partial charge in [-0.25, -0.2) is 0 Å². The van der Waals surface area contributed by atoms with Crippen LogP contribution in [0.15, 0.2) is 12.2 Å². The average Bonchev–Trinajstić information content (AvgIpc) is 2.94. The van der Waals surface area contributed by atoms with Gasteiger partial charge in [-0.15, -0.1) is 0 Å². The lowest BCUT2D eigenvalue weighted by molar-refractivity contribution is -0.140.